The average molecular weight is 441 g/mol. The zero-order valence-corrected chi connectivity index (χ0v) is 20.3. The predicted octanol–water partition coefficient (Wildman–Crippen LogP) is 7.76. The van der Waals surface area contributed by atoms with Crippen molar-refractivity contribution in [1.82, 2.24) is 0 Å². The molecule has 4 heteroatoms. The highest BCUT2D eigenvalue weighted by atomic mass is 32.2. The molecule has 30 heavy (non-hydrogen) atoms. The molecule has 3 nitrogen and oxygen atoms in total. The SMILES string of the molecule is CCCCCCCCCCC/C=C\C(SCC1CCCCC1)C(O)CCCC(=O)O. The molecule has 0 aliphatic heterocycles. The molecule has 2 unspecified atom stereocenters. The van der Waals surface area contributed by atoms with Gasteiger partial charge in [-0.15, -0.1) is 0 Å². The lowest BCUT2D eigenvalue weighted by molar-refractivity contribution is -0.137. The van der Waals surface area contributed by atoms with Crippen molar-refractivity contribution in [1.29, 1.82) is 0 Å². The van der Waals surface area contributed by atoms with Gasteiger partial charge in [-0.05, 0) is 50.2 Å². The van der Waals surface area contributed by atoms with E-state index in [0.717, 1.165) is 18.1 Å². The molecule has 1 saturated carbocycles. The van der Waals surface area contributed by atoms with Crippen molar-refractivity contribution in [2.45, 2.75) is 134 Å². The Hall–Kier alpha value is -0.480. The number of hydrogen-bond acceptors (Lipinski definition) is 3. The molecular weight excluding hydrogens is 392 g/mol. The maximum absolute atomic E-state index is 10.8. The van der Waals surface area contributed by atoms with Crippen molar-refractivity contribution >= 4 is 17.7 Å². The lowest BCUT2D eigenvalue weighted by atomic mass is 9.91. The minimum atomic E-state index is -0.769. The molecule has 1 rings (SSSR count). The summed E-state index contributed by atoms with van der Waals surface area (Å²) in [5.41, 5.74) is 0. The van der Waals surface area contributed by atoms with E-state index in [1.54, 1.807) is 0 Å². The first-order valence-corrected chi connectivity index (χ1v) is 13.9. The third-order valence-corrected chi connectivity index (χ3v) is 7.84. The van der Waals surface area contributed by atoms with Crippen LogP contribution in [-0.4, -0.2) is 33.3 Å². The topological polar surface area (TPSA) is 57.5 Å². The molecule has 0 radical (unpaired) electrons. The summed E-state index contributed by atoms with van der Waals surface area (Å²) in [6, 6.07) is 0. The largest absolute Gasteiger partial charge is 0.481 e. The lowest BCUT2D eigenvalue weighted by Crippen LogP contribution is -2.23. The summed E-state index contributed by atoms with van der Waals surface area (Å²) in [7, 11) is 0. The van der Waals surface area contributed by atoms with Gasteiger partial charge in [0.15, 0.2) is 0 Å². The number of allylic oxidation sites excluding steroid dienone is 1. The van der Waals surface area contributed by atoms with Gasteiger partial charge in [0.05, 0.1) is 6.10 Å². The Bertz CT molecular complexity index is 432. The Balaban J connectivity index is 2.26. The van der Waals surface area contributed by atoms with Crippen LogP contribution in [0.2, 0.25) is 0 Å². The summed E-state index contributed by atoms with van der Waals surface area (Å²) in [6.45, 7) is 2.27. The molecule has 0 bridgehead atoms. The van der Waals surface area contributed by atoms with E-state index in [-0.39, 0.29) is 11.7 Å². The number of hydrogen-bond donors (Lipinski definition) is 2. The Kier molecular flexibility index (Phi) is 17.7. The third-order valence-electron chi connectivity index (χ3n) is 6.32. The molecule has 1 aliphatic rings. The molecule has 0 aromatic carbocycles. The third kappa shape index (κ3) is 15.3. The van der Waals surface area contributed by atoms with Crippen LogP contribution < -0.4 is 0 Å². The standard InChI is InChI=1S/C26H48O3S/c1-2-3-4-5-6-7-8-9-10-11-15-20-25(24(27)19-16-21-26(28)29)30-22-23-17-13-12-14-18-23/h15,20,23-25,27H,2-14,16-19,21-22H2,1H3,(H,28,29)/b20-15-. The zero-order chi connectivity index (χ0) is 21.9. The second-order valence-electron chi connectivity index (χ2n) is 9.20. The van der Waals surface area contributed by atoms with Crippen LogP contribution in [0.4, 0.5) is 0 Å². The van der Waals surface area contributed by atoms with Crippen LogP contribution in [0, 0.1) is 5.92 Å². The molecule has 2 atom stereocenters. The molecule has 0 aromatic rings. The van der Waals surface area contributed by atoms with Crippen LogP contribution >= 0.6 is 11.8 Å². The molecule has 2 N–H and O–H groups in total. The van der Waals surface area contributed by atoms with Gasteiger partial charge in [0.1, 0.15) is 0 Å². The number of carboxylic acid groups (broad SMARTS) is 1. The average Bonchev–Trinajstić information content (AvgIpc) is 2.74. The van der Waals surface area contributed by atoms with E-state index in [9.17, 15) is 9.90 Å². The van der Waals surface area contributed by atoms with Crippen LogP contribution in [0.1, 0.15) is 122 Å². The number of aliphatic carboxylic acids is 1. The van der Waals surface area contributed by atoms with Crippen LogP contribution in [0.15, 0.2) is 12.2 Å². The van der Waals surface area contributed by atoms with Gasteiger partial charge >= 0.3 is 5.97 Å². The lowest BCUT2D eigenvalue weighted by Gasteiger charge is -2.25. The van der Waals surface area contributed by atoms with E-state index in [0.29, 0.717) is 12.8 Å². The van der Waals surface area contributed by atoms with E-state index in [1.165, 1.54) is 89.9 Å². The highest BCUT2D eigenvalue weighted by Crippen LogP contribution is 2.30. The molecule has 0 amide bonds. The number of aliphatic hydroxyl groups is 1. The summed E-state index contributed by atoms with van der Waals surface area (Å²) in [4.78, 5) is 10.8. The van der Waals surface area contributed by atoms with Crippen molar-refractivity contribution < 1.29 is 15.0 Å². The first kappa shape index (κ1) is 27.6. The summed E-state index contributed by atoms with van der Waals surface area (Å²) in [5.74, 6) is 1.15. The number of rotatable bonds is 19. The molecule has 0 heterocycles. The monoisotopic (exact) mass is 440 g/mol. The summed E-state index contributed by atoms with van der Waals surface area (Å²) in [6.07, 6.45) is 25.3. The van der Waals surface area contributed by atoms with Gasteiger partial charge in [0, 0.05) is 11.7 Å². The van der Waals surface area contributed by atoms with Crippen LogP contribution in [0.3, 0.4) is 0 Å². The molecule has 1 aliphatic carbocycles. The first-order valence-electron chi connectivity index (χ1n) is 12.8. The number of carbonyl (C=O) groups is 1. The smallest absolute Gasteiger partial charge is 0.303 e. The van der Waals surface area contributed by atoms with Crippen molar-refractivity contribution in [2.24, 2.45) is 5.92 Å². The molecular formula is C26H48O3S. The van der Waals surface area contributed by atoms with Gasteiger partial charge in [-0.25, -0.2) is 0 Å². The van der Waals surface area contributed by atoms with E-state index in [4.69, 9.17) is 5.11 Å². The Morgan fingerprint density at radius 2 is 1.60 bits per heavy atom. The molecule has 0 spiro atoms. The number of thioether (sulfide) groups is 1. The minimum absolute atomic E-state index is 0.110. The fraction of sp³-hybridized carbons (Fsp3) is 0.885. The minimum Gasteiger partial charge on any atom is -0.481 e. The Morgan fingerprint density at radius 1 is 0.967 bits per heavy atom. The van der Waals surface area contributed by atoms with Gasteiger partial charge in [0.25, 0.3) is 0 Å². The van der Waals surface area contributed by atoms with Gasteiger partial charge in [-0.1, -0.05) is 89.7 Å². The predicted molar refractivity (Wildman–Crippen MR) is 131 cm³/mol. The van der Waals surface area contributed by atoms with Gasteiger partial charge in [-0.3, -0.25) is 4.79 Å². The molecule has 0 aromatic heterocycles. The second-order valence-corrected chi connectivity index (χ2v) is 10.4. The zero-order valence-electron chi connectivity index (χ0n) is 19.5. The van der Waals surface area contributed by atoms with Gasteiger partial charge in [-0.2, -0.15) is 11.8 Å². The number of carboxylic acids is 1. The van der Waals surface area contributed by atoms with E-state index < -0.39 is 12.1 Å². The normalized spacial score (nSPS) is 17.4. The summed E-state index contributed by atoms with van der Waals surface area (Å²) in [5, 5.41) is 19.6. The van der Waals surface area contributed by atoms with E-state index in [1.807, 2.05) is 11.8 Å². The first-order chi connectivity index (χ1) is 14.6. The Morgan fingerprint density at radius 3 is 2.23 bits per heavy atom. The van der Waals surface area contributed by atoms with E-state index >= 15 is 0 Å². The number of unbranched alkanes of at least 4 members (excludes halogenated alkanes) is 9. The van der Waals surface area contributed by atoms with Crippen molar-refractivity contribution in [3.63, 3.8) is 0 Å². The quantitative estimate of drug-likeness (QED) is 0.159. The fourth-order valence-electron chi connectivity index (χ4n) is 4.33. The van der Waals surface area contributed by atoms with Crippen LogP contribution in [-0.2, 0) is 4.79 Å². The Labute approximate surface area is 190 Å². The maximum atomic E-state index is 10.8. The van der Waals surface area contributed by atoms with Crippen LogP contribution in [0.25, 0.3) is 0 Å². The van der Waals surface area contributed by atoms with Gasteiger partial charge in [0.2, 0.25) is 0 Å². The fourth-order valence-corrected chi connectivity index (χ4v) is 5.73. The van der Waals surface area contributed by atoms with Crippen LogP contribution in [0.5, 0.6) is 0 Å². The highest BCUT2D eigenvalue weighted by molar-refractivity contribution is 8.00. The van der Waals surface area contributed by atoms with Gasteiger partial charge < -0.3 is 10.2 Å². The van der Waals surface area contributed by atoms with Crippen molar-refractivity contribution in [3.05, 3.63) is 12.2 Å². The maximum Gasteiger partial charge on any atom is 0.303 e. The molecule has 176 valence electrons. The number of aliphatic hydroxyl groups excluding tert-OH is 1. The molecule has 1 fully saturated rings. The second kappa shape index (κ2) is 19.2. The summed E-state index contributed by atoms with van der Waals surface area (Å²) < 4.78 is 0. The van der Waals surface area contributed by atoms with E-state index in [2.05, 4.69) is 19.1 Å². The van der Waals surface area contributed by atoms with Crippen molar-refractivity contribution in [3.8, 4) is 0 Å². The summed E-state index contributed by atoms with van der Waals surface area (Å²) >= 11 is 1.89. The highest BCUT2D eigenvalue weighted by Gasteiger charge is 2.20. The van der Waals surface area contributed by atoms with Crippen molar-refractivity contribution in [2.75, 3.05) is 5.75 Å². The molecule has 0 saturated heterocycles.